The van der Waals surface area contributed by atoms with Crippen LogP contribution in [0.3, 0.4) is 0 Å². The second kappa shape index (κ2) is 6.38. The molecule has 5 heteroatoms. The number of carbonyl (C=O) groups excluding carboxylic acids is 1. The summed E-state index contributed by atoms with van der Waals surface area (Å²) in [6.07, 6.45) is 4.47. The van der Waals surface area contributed by atoms with Crippen molar-refractivity contribution in [2.75, 3.05) is 25.1 Å². The Morgan fingerprint density at radius 1 is 1.14 bits per heavy atom. The maximum absolute atomic E-state index is 12.9. The molecule has 0 saturated carbocycles. The lowest BCUT2D eigenvalue weighted by Gasteiger charge is -2.47. The molecule has 0 unspecified atom stereocenters. The number of hydrogen-bond acceptors (Lipinski definition) is 4. The number of thioether (sulfide) groups is 1. The van der Waals surface area contributed by atoms with E-state index in [0.717, 1.165) is 24.5 Å². The molecule has 1 spiro atoms. The van der Waals surface area contributed by atoms with Crippen LogP contribution in [-0.4, -0.2) is 42.5 Å². The molecule has 1 aliphatic carbocycles. The molecule has 2 bridgehead atoms. The summed E-state index contributed by atoms with van der Waals surface area (Å²) >= 11 is 1.97. The molecular weight excluding hydrogens is 380 g/mol. The van der Waals surface area contributed by atoms with Crippen LogP contribution in [-0.2, 0) is 10.2 Å². The van der Waals surface area contributed by atoms with Gasteiger partial charge in [0, 0.05) is 28.4 Å². The molecule has 4 nitrogen and oxygen atoms in total. The monoisotopic (exact) mass is 404 g/mol. The molecule has 2 saturated heterocycles. The summed E-state index contributed by atoms with van der Waals surface area (Å²) in [4.78, 5) is 18.8. The van der Waals surface area contributed by atoms with Crippen molar-refractivity contribution in [1.29, 1.82) is 0 Å². The zero-order valence-electron chi connectivity index (χ0n) is 16.5. The molecule has 2 fully saturated rings. The Morgan fingerprint density at radius 2 is 1.93 bits per heavy atom. The van der Waals surface area contributed by atoms with E-state index in [2.05, 4.69) is 59.5 Å². The normalized spacial score (nSPS) is 31.8. The highest BCUT2D eigenvalue weighted by Gasteiger charge is 2.66. The summed E-state index contributed by atoms with van der Waals surface area (Å²) in [6, 6.07) is 19.6. The number of piperidine rings is 1. The Labute approximate surface area is 175 Å². The van der Waals surface area contributed by atoms with Crippen molar-refractivity contribution in [2.24, 2.45) is 5.92 Å². The molecule has 2 aromatic carbocycles. The first-order valence-corrected chi connectivity index (χ1v) is 11.3. The highest BCUT2D eigenvalue weighted by Crippen LogP contribution is 2.63. The van der Waals surface area contributed by atoms with Gasteiger partial charge in [0.2, 0.25) is 0 Å². The van der Waals surface area contributed by atoms with Gasteiger partial charge >= 0.3 is 6.09 Å². The summed E-state index contributed by atoms with van der Waals surface area (Å²) < 4.78 is 5.24. The Kier molecular flexibility index (Phi) is 3.87. The van der Waals surface area contributed by atoms with Gasteiger partial charge in [-0.1, -0.05) is 42.5 Å². The van der Waals surface area contributed by atoms with Crippen LogP contribution in [0, 0.1) is 5.92 Å². The Hall–Kier alpha value is -2.24. The topological polar surface area (TPSA) is 32.8 Å². The fourth-order valence-corrected chi connectivity index (χ4v) is 7.63. The third-order valence-corrected chi connectivity index (χ3v) is 8.57. The minimum atomic E-state index is -0.276. The van der Waals surface area contributed by atoms with Gasteiger partial charge in [0.25, 0.3) is 0 Å². The maximum atomic E-state index is 12.9. The SMILES string of the molecule is COC(=O)N1C2=C[C@H]3CCN4C[C@@H](Sc5ccccc5)[C@@]2(c2ccccc21)[C@H]4C3. The molecule has 0 N–H and O–H groups in total. The van der Waals surface area contributed by atoms with E-state index in [1.54, 1.807) is 0 Å². The number of rotatable bonds is 2. The minimum Gasteiger partial charge on any atom is -0.452 e. The summed E-state index contributed by atoms with van der Waals surface area (Å²) in [6.45, 7) is 2.20. The molecule has 0 radical (unpaired) electrons. The first-order valence-electron chi connectivity index (χ1n) is 10.4. The maximum Gasteiger partial charge on any atom is 0.418 e. The number of ether oxygens (including phenoxy) is 1. The summed E-state index contributed by atoms with van der Waals surface area (Å²) in [7, 11) is 1.48. The molecule has 4 atom stereocenters. The van der Waals surface area contributed by atoms with Gasteiger partial charge in [-0.3, -0.25) is 4.90 Å². The summed E-state index contributed by atoms with van der Waals surface area (Å²) in [5.74, 6) is 0.543. The van der Waals surface area contributed by atoms with Crippen LogP contribution in [0.4, 0.5) is 10.5 Å². The molecule has 1 amide bonds. The Morgan fingerprint density at radius 3 is 2.76 bits per heavy atom. The minimum absolute atomic E-state index is 0.164. The predicted molar refractivity (Wildman–Crippen MR) is 115 cm³/mol. The van der Waals surface area contributed by atoms with Crippen LogP contribution in [0.5, 0.6) is 0 Å². The van der Waals surface area contributed by atoms with Gasteiger partial charge in [-0.15, -0.1) is 11.8 Å². The lowest BCUT2D eigenvalue weighted by molar-refractivity contribution is 0.131. The smallest absolute Gasteiger partial charge is 0.418 e. The Balaban J connectivity index is 1.57. The largest absolute Gasteiger partial charge is 0.452 e. The highest BCUT2D eigenvalue weighted by molar-refractivity contribution is 8.00. The van der Waals surface area contributed by atoms with Gasteiger partial charge < -0.3 is 4.74 Å². The fourth-order valence-electron chi connectivity index (χ4n) is 6.13. The van der Waals surface area contributed by atoms with Crippen molar-refractivity contribution in [3.8, 4) is 0 Å². The van der Waals surface area contributed by atoms with E-state index in [-0.39, 0.29) is 11.5 Å². The molecule has 3 aliphatic heterocycles. The van der Waals surface area contributed by atoms with Crippen molar-refractivity contribution in [3.63, 3.8) is 0 Å². The number of carbonyl (C=O) groups is 1. The number of amides is 1. The summed E-state index contributed by atoms with van der Waals surface area (Å²) in [5.41, 5.74) is 3.28. The number of para-hydroxylation sites is 1. The molecular formula is C24H24N2O2S. The molecule has 4 aliphatic rings. The van der Waals surface area contributed by atoms with Gasteiger partial charge in [0.1, 0.15) is 0 Å². The molecule has 148 valence electrons. The lowest BCUT2D eigenvalue weighted by atomic mass is 9.65. The fraction of sp³-hybridized carbons (Fsp3) is 0.375. The van der Waals surface area contributed by atoms with Gasteiger partial charge in [0.05, 0.1) is 18.2 Å². The standard InChI is InChI=1S/C24H24N2O2S/c1-28-23(27)26-19-10-6-5-9-18(19)24-20-13-16(14-21(24)26)11-12-25(20)15-22(24)29-17-7-3-2-4-8-17/h2-10,14,16,20,22H,11-13,15H2,1H3/t16-,20+,22+,24-/m0/s1. The van der Waals surface area contributed by atoms with Crippen LogP contribution >= 0.6 is 11.8 Å². The molecule has 6 rings (SSSR count). The van der Waals surface area contributed by atoms with Crippen molar-refractivity contribution in [2.45, 2.75) is 34.4 Å². The second-order valence-electron chi connectivity index (χ2n) is 8.46. The number of methoxy groups -OCH3 is 1. The average molecular weight is 405 g/mol. The number of hydrogen-bond donors (Lipinski definition) is 0. The van der Waals surface area contributed by atoms with E-state index in [1.165, 1.54) is 30.4 Å². The number of fused-ring (bicyclic) bond motifs is 2. The third kappa shape index (κ3) is 2.29. The molecule has 3 heterocycles. The van der Waals surface area contributed by atoms with Crippen LogP contribution in [0.15, 0.2) is 71.3 Å². The lowest BCUT2D eigenvalue weighted by Crippen LogP contribution is -2.53. The number of benzene rings is 2. The van der Waals surface area contributed by atoms with E-state index >= 15 is 0 Å². The highest BCUT2D eigenvalue weighted by atomic mass is 32.2. The van der Waals surface area contributed by atoms with Crippen molar-refractivity contribution in [3.05, 3.63) is 71.9 Å². The van der Waals surface area contributed by atoms with E-state index < -0.39 is 0 Å². The van der Waals surface area contributed by atoms with Gasteiger partial charge in [0.15, 0.2) is 0 Å². The first kappa shape index (κ1) is 17.6. The van der Waals surface area contributed by atoms with Crippen LogP contribution in [0.1, 0.15) is 18.4 Å². The number of allylic oxidation sites excluding steroid dienone is 1. The van der Waals surface area contributed by atoms with Gasteiger partial charge in [-0.05, 0) is 49.1 Å². The van der Waals surface area contributed by atoms with E-state index in [4.69, 9.17) is 4.74 Å². The van der Waals surface area contributed by atoms with Gasteiger partial charge in [-0.25, -0.2) is 9.69 Å². The average Bonchev–Trinajstić information content (AvgIpc) is 3.26. The quantitative estimate of drug-likeness (QED) is 0.729. The van der Waals surface area contributed by atoms with Crippen molar-refractivity contribution in [1.82, 2.24) is 4.90 Å². The second-order valence-corrected chi connectivity index (χ2v) is 9.73. The molecule has 2 aromatic rings. The third-order valence-electron chi connectivity index (χ3n) is 7.22. The summed E-state index contributed by atoms with van der Waals surface area (Å²) in [5, 5.41) is 0.357. The first-order chi connectivity index (χ1) is 14.2. The van der Waals surface area contributed by atoms with Crippen LogP contribution < -0.4 is 4.90 Å². The van der Waals surface area contributed by atoms with E-state index in [9.17, 15) is 4.79 Å². The van der Waals surface area contributed by atoms with E-state index in [1.807, 2.05) is 22.7 Å². The van der Waals surface area contributed by atoms with Gasteiger partial charge in [-0.2, -0.15) is 0 Å². The van der Waals surface area contributed by atoms with Crippen molar-refractivity contribution < 1.29 is 9.53 Å². The zero-order chi connectivity index (χ0) is 19.6. The number of nitrogens with zero attached hydrogens (tertiary/aromatic N) is 2. The van der Waals surface area contributed by atoms with Crippen molar-refractivity contribution >= 4 is 23.5 Å². The number of anilines is 1. The van der Waals surface area contributed by atoms with E-state index in [0.29, 0.717) is 17.2 Å². The zero-order valence-corrected chi connectivity index (χ0v) is 17.3. The molecule has 0 aromatic heterocycles. The Bertz CT molecular complexity index is 1010. The van der Waals surface area contributed by atoms with Crippen LogP contribution in [0.25, 0.3) is 0 Å². The predicted octanol–water partition coefficient (Wildman–Crippen LogP) is 4.66. The van der Waals surface area contributed by atoms with Crippen LogP contribution in [0.2, 0.25) is 0 Å². The molecule has 29 heavy (non-hydrogen) atoms.